The number of hydrogen-bond donors (Lipinski definition) is 2. The summed E-state index contributed by atoms with van der Waals surface area (Å²) in [6, 6.07) is 17.8. The highest BCUT2D eigenvalue weighted by Crippen LogP contribution is 2.26. The van der Waals surface area contributed by atoms with Crippen molar-refractivity contribution < 1.29 is 4.79 Å². The van der Waals surface area contributed by atoms with Crippen molar-refractivity contribution in [1.82, 2.24) is 10.2 Å². The fourth-order valence-electron chi connectivity index (χ4n) is 2.14. The summed E-state index contributed by atoms with van der Waals surface area (Å²) in [4.78, 5) is 12.1. The van der Waals surface area contributed by atoms with Crippen LogP contribution in [-0.4, -0.2) is 21.9 Å². The minimum atomic E-state index is -0.0479. The highest BCUT2D eigenvalue weighted by molar-refractivity contribution is 8.01. The Kier molecular flexibility index (Phi) is 6.03. The SMILES string of the molecule is Cc1ccccc1NC(=O)CSc1nnc(NCc2ccccc2)s1. The Morgan fingerprint density at radius 3 is 2.64 bits per heavy atom. The maximum atomic E-state index is 12.1. The van der Waals surface area contributed by atoms with Crippen molar-refractivity contribution in [2.75, 3.05) is 16.4 Å². The minimum absolute atomic E-state index is 0.0479. The maximum Gasteiger partial charge on any atom is 0.234 e. The number of aryl methyl sites for hydroxylation is 1. The number of aromatic nitrogens is 2. The number of carbonyl (C=O) groups is 1. The van der Waals surface area contributed by atoms with Crippen LogP contribution in [0.4, 0.5) is 10.8 Å². The van der Waals surface area contributed by atoms with E-state index in [1.54, 1.807) is 0 Å². The lowest BCUT2D eigenvalue weighted by atomic mass is 10.2. The molecule has 0 aliphatic carbocycles. The van der Waals surface area contributed by atoms with Crippen molar-refractivity contribution in [3.05, 3.63) is 65.7 Å². The van der Waals surface area contributed by atoms with Crippen molar-refractivity contribution in [1.29, 1.82) is 0 Å². The number of amides is 1. The Morgan fingerprint density at radius 2 is 1.84 bits per heavy atom. The van der Waals surface area contributed by atoms with Gasteiger partial charge in [-0.2, -0.15) is 0 Å². The number of thioether (sulfide) groups is 1. The highest BCUT2D eigenvalue weighted by Gasteiger charge is 2.09. The molecule has 2 N–H and O–H groups in total. The molecule has 2 aromatic carbocycles. The zero-order valence-corrected chi connectivity index (χ0v) is 15.4. The molecule has 0 saturated carbocycles. The number of rotatable bonds is 7. The van der Waals surface area contributed by atoms with Gasteiger partial charge < -0.3 is 10.6 Å². The van der Waals surface area contributed by atoms with Gasteiger partial charge in [-0.05, 0) is 24.1 Å². The molecule has 0 fully saturated rings. The van der Waals surface area contributed by atoms with Gasteiger partial charge in [0.2, 0.25) is 11.0 Å². The lowest BCUT2D eigenvalue weighted by Crippen LogP contribution is -2.14. The van der Waals surface area contributed by atoms with E-state index in [0.717, 1.165) is 20.7 Å². The number of nitrogens with zero attached hydrogens (tertiary/aromatic N) is 2. The van der Waals surface area contributed by atoms with E-state index >= 15 is 0 Å². The monoisotopic (exact) mass is 370 g/mol. The van der Waals surface area contributed by atoms with E-state index in [9.17, 15) is 4.79 Å². The number of anilines is 2. The lowest BCUT2D eigenvalue weighted by Gasteiger charge is -2.06. The molecule has 0 radical (unpaired) electrons. The highest BCUT2D eigenvalue weighted by atomic mass is 32.2. The van der Waals surface area contributed by atoms with Crippen LogP contribution in [-0.2, 0) is 11.3 Å². The number of carbonyl (C=O) groups excluding carboxylic acids is 1. The normalized spacial score (nSPS) is 10.4. The number of nitrogens with one attached hydrogen (secondary N) is 2. The van der Waals surface area contributed by atoms with Gasteiger partial charge in [0.1, 0.15) is 0 Å². The van der Waals surface area contributed by atoms with Gasteiger partial charge >= 0.3 is 0 Å². The van der Waals surface area contributed by atoms with E-state index in [4.69, 9.17) is 0 Å². The van der Waals surface area contributed by atoms with Gasteiger partial charge in [-0.1, -0.05) is 71.6 Å². The standard InChI is InChI=1S/C18H18N4OS2/c1-13-7-5-6-10-15(13)20-16(23)12-24-18-22-21-17(25-18)19-11-14-8-3-2-4-9-14/h2-10H,11-12H2,1H3,(H,19,21)(H,20,23). The zero-order chi connectivity index (χ0) is 17.5. The molecule has 3 rings (SSSR count). The van der Waals surface area contributed by atoms with Gasteiger partial charge in [-0.3, -0.25) is 4.79 Å². The molecule has 0 aliphatic rings. The Bertz CT molecular complexity index is 836. The Labute approximate surface area is 154 Å². The lowest BCUT2D eigenvalue weighted by molar-refractivity contribution is -0.113. The summed E-state index contributed by atoms with van der Waals surface area (Å²) in [6.45, 7) is 2.67. The van der Waals surface area contributed by atoms with Crippen LogP contribution in [0.5, 0.6) is 0 Å². The van der Waals surface area contributed by atoms with Crippen LogP contribution in [0.25, 0.3) is 0 Å². The van der Waals surface area contributed by atoms with Crippen LogP contribution in [0.15, 0.2) is 58.9 Å². The van der Waals surface area contributed by atoms with E-state index < -0.39 is 0 Å². The molecule has 0 aliphatic heterocycles. The molecule has 0 bridgehead atoms. The maximum absolute atomic E-state index is 12.1. The summed E-state index contributed by atoms with van der Waals surface area (Å²) in [6.07, 6.45) is 0. The minimum Gasteiger partial charge on any atom is -0.356 e. The average Bonchev–Trinajstić information content (AvgIpc) is 3.09. The fourth-order valence-corrected chi connectivity index (χ4v) is 3.69. The first-order chi connectivity index (χ1) is 12.2. The van der Waals surface area contributed by atoms with Crippen molar-refractivity contribution in [3.63, 3.8) is 0 Å². The van der Waals surface area contributed by atoms with Gasteiger partial charge in [0, 0.05) is 12.2 Å². The first-order valence-corrected chi connectivity index (χ1v) is 9.60. The van der Waals surface area contributed by atoms with Crippen molar-refractivity contribution in [2.45, 2.75) is 17.8 Å². The van der Waals surface area contributed by atoms with Crippen LogP contribution in [0.1, 0.15) is 11.1 Å². The fraction of sp³-hybridized carbons (Fsp3) is 0.167. The third-order valence-electron chi connectivity index (χ3n) is 3.44. The van der Waals surface area contributed by atoms with Gasteiger partial charge in [0.25, 0.3) is 0 Å². The van der Waals surface area contributed by atoms with Gasteiger partial charge in [0.05, 0.1) is 5.75 Å². The van der Waals surface area contributed by atoms with Crippen LogP contribution in [0.2, 0.25) is 0 Å². The van der Waals surface area contributed by atoms with E-state index in [0.29, 0.717) is 12.3 Å². The Balaban J connectivity index is 1.47. The third-order valence-corrected chi connectivity index (χ3v) is 5.45. The van der Waals surface area contributed by atoms with Crippen LogP contribution < -0.4 is 10.6 Å². The second kappa shape index (κ2) is 8.64. The summed E-state index contributed by atoms with van der Waals surface area (Å²) in [5.41, 5.74) is 3.07. The predicted molar refractivity (Wildman–Crippen MR) is 104 cm³/mol. The Hall–Kier alpha value is -2.38. The first-order valence-electron chi connectivity index (χ1n) is 7.80. The molecule has 5 nitrogen and oxygen atoms in total. The molecule has 25 heavy (non-hydrogen) atoms. The number of benzene rings is 2. The van der Waals surface area contributed by atoms with Crippen LogP contribution >= 0.6 is 23.1 Å². The second-order valence-electron chi connectivity index (χ2n) is 5.36. The zero-order valence-electron chi connectivity index (χ0n) is 13.7. The summed E-state index contributed by atoms with van der Waals surface area (Å²) in [7, 11) is 0. The molecule has 0 spiro atoms. The molecule has 1 aromatic heterocycles. The summed E-state index contributed by atoms with van der Waals surface area (Å²) < 4.78 is 0.774. The number of para-hydroxylation sites is 1. The first kappa shape index (κ1) is 17.4. The van der Waals surface area contributed by atoms with E-state index in [-0.39, 0.29) is 5.91 Å². The Morgan fingerprint density at radius 1 is 1.08 bits per heavy atom. The van der Waals surface area contributed by atoms with Crippen molar-refractivity contribution >= 4 is 39.8 Å². The molecular formula is C18H18N4OS2. The van der Waals surface area contributed by atoms with Gasteiger partial charge in [0.15, 0.2) is 4.34 Å². The quantitative estimate of drug-likeness (QED) is 0.611. The topological polar surface area (TPSA) is 66.9 Å². The van der Waals surface area contributed by atoms with Gasteiger partial charge in [-0.25, -0.2) is 0 Å². The van der Waals surface area contributed by atoms with E-state index in [1.165, 1.54) is 28.7 Å². The molecule has 0 unspecified atom stereocenters. The second-order valence-corrected chi connectivity index (χ2v) is 7.56. The average molecular weight is 371 g/mol. The van der Waals surface area contributed by atoms with Crippen LogP contribution in [0.3, 0.4) is 0 Å². The molecular weight excluding hydrogens is 352 g/mol. The van der Waals surface area contributed by atoms with Gasteiger partial charge in [-0.15, -0.1) is 10.2 Å². The molecule has 128 valence electrons. The number of hydrogen-bond acceptors (Lipinski definition) is 6. The molecule has 1 heterocycles. The molecule has 3 aromatic rings. The summed E-state index contributed by atoms with van der Waals surface area (Å²) >= 11 is 2.84. The van der Waals surface area contributed by atoms with Crippen molar-refractivity contribution in [3.8, 4) is 0 Å². The smallest absolute Gasteiger partial charge is 0.234 e. The summed E-state index contributed by atoms with van der Waals surface area (Å²) in [5.74, 6) is 0.259. The predicted octanol–water partition coefficient (Wildman–Crippen LogP) is 4.19. The van der Waals surface area contributed by atoms with E-state index in [1.807, 2.05) is 49.4 Å². The third kappa shape index (κ3) is 5.30. The van der Waals surface area contributed by atoms with Crippen LogP contribution in [0, 0.1) is 6.92 Å². The molecule has 1 amide bonds. The summed E-state index contributed by atoms with van der Waals surface area (Å²) in [5, 5.41) is 15.1. The van der Waals surface area contributed by atoms with Crippen molar-refractivity contribution in [2.24, 2.45) is 0 Å². The molecule has 0 atom stereocenters. The van der Waals surface area contributed by atoms with E-state index in [2.05, 4.69) is 33.0 Å². The molecule has 0 saturated heterocycles. The largest absolute Gasteiger partial charge is 0.356 e. The molecule has 7 heteroatoms.